The second-order valence-electron chi connectivity index (χ2n) is 5.50. The summed E-state index contributed by atoms with van der Waals surface area (Å²) in [5.41, 5.74) is -4.11. The molecular weight excluding hydrogens is 340 g/mol. The van der Waals surface area contributed by atoms with Crippen LogP contribution in [0.25, 0.3) is 0 Å². The number of carbonyl (C=O) groups excluding carboxylic acids is 1. The molecule has 0 spiro atoms. The predicted octanol–water partition coefficient (Wildman–Crippen LogP) is 3.44. The van der Waals surface area contributed by atoms with E-state index in [-0.39, 0.29) is 5.56 Å². The van der Waals surface area contributed by atoms with Crippen molar-refractivity contribution in [2.75, 3.05) is 0 Å². The minimum atomic E-state index is -4.83. The zero-order valence-electron chi connectivity index (χ0n) is 12.7. The van der Waals surface area contributed by atoms with Gasteiger partial charge in [0.05, 0.1) is 12.0 Å². The molecule has 0 radical (unpaired) electrons. The van der Waals surface area contributed by atoms with E-state index in [4.69, 9.17) is 0 Å². The van der Waals surface area contributed by atoms with Crippen molar-refractivity contribution in [3.05, 3.63) is 71.5 Å². The number of hydrazone groups is 1. The first-order chi connectivity index (χ1) is 11.7. The third kappa shape index (κ3) is 3.00. The van der Waals surface area contributed by atoms with Gasteiger partial charge in [-0.15, -0.1) is 0 Å². The number of hydrogen-bond donors (Lipinski definition) is 1. The third-order valence-corrected chi connectivity index (χ3v) is 3.85. The lowest BCUT2D eigenvalue weighted by Gasteiger charge is -2.31. The normalized spacial score (nSPS) is 20.5. The van der Waals surface area contributed by atoms with Crippen molar-refractivity contribution >= 4 is 11.6 Å². The van der Waals surface area contributed by atoms with Gasteiger partial charge in [0.2, 0.25) is 0 Å². The third-order valence-electron chi connectivity index (χ3n) is 3.85. The first kappa shape index (κ1) is 17.1. The van der Waals surface area contributed by atoms with Crippen molar-refractivity contribution < 1.29 is 27.5 Å². The molecular formula is C17H12F4N2O2. The van der Waals surface area contributed by atoms with Crippen LogP contribution in [-0.2, 0) is 5.72 Å². The van der Waals surface area contributed by atoms with Crippen LogP contribution in [-0.4, -0.2) is 27.9 Å². The summed E-state index contributed by atoms with van der Waals surface area (Å²) in [5, 5.41) is 14.4. The monoisotopic (exact) mass is 352 g/mol. The highest BCUT2D eigenvalue weighted by atomic mass is 19.4. The molecule has 0 aromatic heterocycles. The molecule has 0 saturated heterocycles. The van der Waals surface area contributed by atoms with Crippen LogP contribution in [0.3, 0.4) is 0 Å². The molecule has 1 N–H and O–H groups in total. The van der Waals surface area contributed by atoms with Crippen LogP contribution in [0.2, 0.25) is 0 Å². The average Bonchev–Trinajstić information content (AvgIpc) is 2.95. The number of amides is 1. The average molecular weight is 352 g/mol. The van der Waals surface area contributed by atoms with Crippen LogP contribution in [0, 0.1) is 5.82 Å². The van der Waals surface area contributed by atoms with Gasteiger partial charge in [-0.1, -0.05) is 42.5 Å². The van der Waals surface area contributed by atoms with Crippen LogP contribution >= 0.6 is 0 Å². The summed E-state index contributed by atoms with van der Waals surface area (Å²) in [5.74, 6) is -2.08. The maximum Gasteiger partial charge on any atom is 0.431 e. The van der Waals surface area contributed by atoms with Gasteiger partial charge in [0.15, 0.2) is 5.72 Å². The molecule has 0 fully saturated rings. The maximum atomic E-state index is 13.9. The molecule has 130 valence electrons. The van der Waals surface area contributed by atoms with E-state index in [2.05, 4.69) is 5.10 Å². The molecule has 1 aliphatic rings. The molecule has 1 heterocycles. The summed E-state index contributed by atoms with van der Waals surface area (Å²) in [4.78, 5) is 12.6. The minimum absolute atomic E-state index is 0.0442. The molecule has 0 saturated carbocycles. The van der Waals surface area contributed by atoms with Crippen LogP contribution in [0.15, 0.2) is 59.7 Å². The molecule has 4 nitrogen and oxygen atoms in total. The highest BCUT2D eigenvalue weighted by Gasteiger charge is 2.53. The van der Waals surface area contributed by atoms with Crippen molar-refractivity contribution in [2.45, 2.75) is 18.3 Å². The SMILES string of the molecule is O=C(c1ccccc1F)N1N=C(C(F)(F)F)CC1(O)c1ccccc1. The standard InChI is InChI=1S/C17H12F4N2O2/c18-13-9-5-4-8-12(13)15(24)23-16(25,11-6-2-1-3-7-11)10-14(22-23)17(19,20)21/h1-9,25H,10H2. The van der Waals surface area contributed by atoms with E-state index < -0.39 is 41.3 Å². The molecule has 1 unspecified atom stereocenters. The highest BCUT2D eigenvalue weighted by Crippen LogP contribution is 2.40. The van der Waals surface area contributed by atoms with E-state index in [1.807, 2.05) is 0 Å². The number of aliphatic hydroxyl groups is 1. The lowest BCUT2D eigenvalue weighted by Crippen LogP contribution is -2.44. The first-order valence-electron chi connectivity index (χ1n) is 7.25. The van der Waals surface area contributed by atoms with Crippen molar-refractivity contribution in [1.82, 2.24) is 5.01 Å². The van der Waals surface area contributed by atoms with Gasteiger partial charge >= 0.3 is 6.18 Å². The molecule has 8 heteroatoms. The fourth-order valence-electron chi connectivity index (χ4n) is 2.60. The summed E-state index contributed by atoms with van der Waals surface area (Å²) in [6.45, 7) is 0. The molecule has 25 heavy (non-hydrogen) atoms. The van der Waals surface area contributed by atoms with Gasteiger partial charge in [-0.05, 0) is 12.1 Å². The Morgan fingerprint density at radius 1 is 1.08 bits per heavy atom. The van der Waals surface area contributed by atoms with Crippen molar-refractivity contribution in [2.24, 2.45) is 5.10 Å². The molecule has 0 bridgehead atoms. The fourth-order valence-corrected chi connectivity index (χ4v) is 2.60. The van der Waals surface area contributed by atoms with Crippen molar-refractivity contribution in [3.63, 3.8) is 0 Å². The van der Waals surface area contributed by atoms with Crippen molar-refractivity contribution in [1.29, 1.82) is 0 Å². The van der Waals surface area contributed by atoms with Gasteiger partial charge in [-0.25, -0.2) is 4.39 Å². The van der Waals surface area contributed by atoms with E-state index in [1.54, 1.807) is 6.07 Å². The minimum Gasteiger partial charge on any atom is -0.365 e. The Labute approximate surface area is 140 Å². The quantitative estimate of drug-likeness (QED) is 0.842. The Balaban J connectivity index is 2.10. The zero-order chi connectivity index (χ0) is 18.2. The lowest BCUT2D eigenvalue weighted by molar-refractivity contribution is -0.0817. The van der Waals surface area contributed by atoms with E-state index in [0.717, 1.165) is 12.1 Å². The molecule has 3 rings (SSSR count). The Morgan fingerprint density at radius 2 is 1.68 bits per heavy atom. The van der Waals surface area contributed by atoms with Crippen LogP contribution in [0.1, 0.15) is 22.3 Å². The maximum absolute atomic E-state index is 13.9. The number of alkyl halides is 3. The molecule has 0 aliphatic carbocycles. The predicted molar refractivity (Wildman–Crippen MR) is 81.0 cm³/mol. The fraction of sp³-hybridized carbons (Fsp3) is 0.176. The smallest absolute Gasteiger partial charge is 0.365 e. The van der Waals surface area contributed by atoms with Gasteiger partial charge in [0.25, 0.3) is 5.91 Å². The second kappa shape index (κ2) is 5.96. The van der Waals surface area contributed by atoms with Crippen LogP contribution in [0.5, 0.6) is 0 Å². The topological polar surface area (TPSA) is 52.9 Å². The van der Waals surface area contributed by atoms with Crippen LogP contribution < -0.4 is 0 Å². The molecule has 1 atom stereocenters. The summed E-state index contributed by atoms with van der Waals surface area (Å²) < 4.78 is 53.1. The van der Waals surface area contributed by atoms with E-state index >= 15 is 0 Å². The Hall–Kier alpha value is -2.74. The van der Waals surface area contributed by atoms with Crippen molar-refractivity contribution in [3.8, 4) is 0 Å². The van der Waals surface area contributed by atoms with E-state index in [1.165, 1.54) is 36.4 Å². The molecule has 2 aromatic carbocycles. The highest BCUT2D eigenvalue weighted by molar-refractivity contribution is 6.00. The molecule has 2 aromatic rings. The summed E-state index contributed by atoms with van der Waals surface area (Å²) in [6.07, 6.45) is -5.77. The number of benzene rings is 2. The van der Waals surface area contributed by atoms with Gasteiger partial charge < -0.3 is 5.11 Å². The summed E-state index contributed by atoms with van der Waals surface area (Å²) in [6, 6.07) is 12.2. The molecule has 1 aliphatic heterocycles. The lowest BCUT2D eigenvalue weighted by atomic mass is 9.96. The number of carbonyl (C=O) groups is 1. The number of rotatable bonds is 2. The van der Waals surface area contributed by atoms with Gasteiger partial charge in [0, 0.05) is 5.56 Å². The molecule has 1 amide bonds. The van der Waals surface area contributed by atoms with Crippen LogP contribution in [0.4, 0.5) is 17.6 Å². The Morgan fingerprint density at radius 3 is 2.28 bits per heavy atom. The van der Waals surface area contributed by atoms with E-state index in [0.29, 0.717) is 5.01 Å². The number of nitrogens with zero attached hydrogens (tertiary/aromatic N) is 2. The number of hydrogen-bond acceptors (Lipinski definition) is 3. The number of halogens is 4. The summed E-state index contributed by atoms with van der Waals surface area (Å²) in [7, 11) is 0. The van der Waals surface area contributed by atoms with Gasteiger partial charge in [0.1, 0.15) is 11.5 Å². The zero-order valence-corrected chi connectivity index (χ0v) is 12.7. The largest absolute Gasteiger partial charge is 0.431 e. The Bertz CT molecular complexity index is 836. The second-order valence-corrected chi connectivity index (χ2v) is 5.50. The van der Waals surface area contributed by atoms with Gasteiger partial charge in [-0.3, -0.25) is 4.79 Å². The van der Waals surface area contributed by atoms with Gasteiger partial charge in [-0.2, -0.15) is 23.3 Å². The Kier molecular flexibility index (Phi) is 4.08. The van der Waals surface area contributed by atoms with E-state index in [9.17, 15) is 27.5 Å². The summed E-state index contributed by atoms with van der Waals surface area (Å²) >= 11 is 0. The first-order valence-corrected chi connectivity index (χ1v) is 7.25.